The highest BCUT2D eigenvalue weighted by Crippen LogP contribution is 2.26. The minimum absolute atomic E-state index is 0.0619. The van der Waals surface area contributed by atoms with Gasteiger partial charge in [0.15, 0.2) is 17.5 Å². The highest BCUT2D eigenvalue weighted by Gasteiger charge is 2.14. The summed E-state index contributed by atoms with van der Waals surface area (Å²) in [5, 5.41) is 2.97. The molecule has 0 heterocycles. The molecule has 2 rings (SSSR count). The van der Waals surface area contributed by atoms with Crippen LogP contribution in [-0.2, 0) is 6.54 Å². The Balaban J connectivity index is 2.48. The van der Waals surface area contributed by atoms with Gasteiger partial charge in [-0.15, -0.1) is 0 Å². The van der Waals surface area contributed by atoms with Crippen LogP contribution in [0, 0.1) is 17.5 Å². The van der Waals surface area contributed by atoms with Gasteiger partial charge in [-0.05, 0) is 36.4 Å². The third-order valence-corrected chi connectivity index (χ3v) is 2.65. The van der Waals surface area contributed by atoms with E-state index in [9.17, 15) is 13.2 Å². The van der Waals surface area contributed by atoms with Crippen LogP contribution in [-0.4, -0.2) is 7.05 Å². The van der Waals surface area contributed by atoms with Gasteiger partial charge in [0.05, 0.1) is 0 Å². The number of rotatable bonds is 3. The molecule has 4 heteroatoms. The first-order valence-corrected chi connectivity index (χ1v) is 5.51. The van der Waals surface area contributed by atoms with Crippen molar-refractivity contribution < 1.29 is 13.2 Å². The van der Waals surface area contributed by atoms with Crippen molar-refractivity contribution in [1.29, 1.82) is 0 Å². The summed E-state index contributed by atoms with van der Waals surface area (Å²) in [5.74, 6) is -3.77. The van der Waals surface area contributed by atoms with E-state index >= 15 is 0 Å². The van der Waals surface area contributed by atoms with Crippen molar-refractivity contribution >= 4 is 0 Å². The maximum atomic E-state index is 13.6. The molecule has 2 aromatic carbocycles. The molecule has 0 atom stereocenters. The van der Waals surface area contributed by atoms with Gasteiger partial charge in [-0.1, -0.05) is 18.2 Å². The number of nitrogens with one attached hydrogen (secondary N) is 1. The fourth-order valence-electron chi connectivity index (χ4n) is 1.80. The lowest BCUT2D eigenvalue weighted by Gasteiger charge is -2.07. The van der Waals surface area contributed by atoms with Gasteiger partial charge in [-0.3, -0.25) is 0 Å². The van der Waals surface area contributed by atoms with Gasteiger partial charge in [0, 0.05) is 12.1 Å². The average Bonchev–Trinajstić information content (AvgIpc) is 2.37. The minimum atomic E-state index is -1.44. The molecule has 0 amide bonds. The quantitative estimate of drug-likeness (QED) is 0.823. The molecule has 0 radical (unpaired) electrons. The Labute approximate surface area is 103 Å². The Hall–Kier alpha value is -1.81. The monoisotopic (exact) mass is 251 g/mol. The Bertz CT molecular complexity index is 567. The third kappa shape index (κ3) is 2.38. The van der Waals surface area contributed by atoms with Crippen molar-refractivity contribution in [3.05, 3.63) is 59.4 Å². The zero-order valence-electron chi connectivity index (χ0n) is 9.81. The zero-order valence-corrected chi connectivity index (χ0v) is 9.81. The molecule has 0 saturated heterocycles. The van der Waals surface area contributed by atoms with Gasteiger partial charge in [0.25, 0.3) is 0 Å². The molecule has 18 heavy (non-hydrogen) atoms. The first-order valence-electron chi connectivity index (χ1n) is 5.51. The van der Waals surface area contributed by atoms with Crippen molar-refractivity contribution in [3.8, 4) is 11.1 Å². The Morgan fingerprint density at radius 1 is 1.00 bits per heavy atom. The van der Waals surface area contributed by atoms with Crippen LogP contribution in [0.15, 0.2) is 36.4 Å². The number of hydrogen-bond donors (Lipinski definition) is 1. The molecule has 1 N–H and O–H groups in total. The standard InChI is InChI=1S/C14H12F3N/c1-18-8-9-3-2-4-10(7-9)11-5-6-12(15)14(17)13(11)16/h2-7,18H,8H2,1H3. The van der Waals surface area contributed by atoms with E-state index in [1.54, 1.807) is 25.2 Å². The summed E-state index contributed by atoms with van der Waals surface area (Å²) < 4.78 is 39.6. The topological polar surface area (TPSA) is 12.0 Å². The molecular formula is C14H12F3N. The van der Waals surface area contributed by atoms with Crippen LogP contribution < -0.4 is 5.32 Å². The van der Waals surface area contributed by atoms with Crippen molar-refractivity contribution in [1.82, 2.24) is 5.32 Å². The number of halogens is 3. The van der Waals surface area contributed by atoms with E-state index in [1.165, 1.54) is 6.07 Å². The summed E-state index contributed by atoms with van der Waals surface area (Å²) in [6.45, 7) is 0.624. The molecule has 0 aliphatic heterocycles. The van der Waals surface area contributed by atoms with Crippen molar-refractivity contribution in [2.24, 2.45) is 0 Å². The molecule has 0 aromatic heterocycles. The van der Waals surface area contributed by atoms with E-state index in [4.69, 9.17) is 0 Å². The van der Waals surface area contributed by atoms with E-state index in [1.807, 2.05) is 6.07 Å². The van der Waals surface area contributed by atoms with Gasteiger partial charge in [-0.2, -0.15) is 0 Å². The highest BCUT2D eigenvalue weighted by atomic mass is 19.2. The van der Waals surface area contributed by atoms with Crippen LogP contribution in [0.1, 0.15) is 5.56 Å². The molecule has 1 nitrogen and oxygen atoms in total. The molecule has 0 aliphatic rings. The van der Waals surface area contributed by atoms with E-state index < -0.39 is 17.5 Å². The lowest BCUT2D eigenvalue weighted by atomic mass is 10.0. The van der Waals surface area contributed by atoms with E-state index in [0.717, 1.165) is 11.6 Å². The molecular weight excluding hydrogens is 239 g/mol. The second-order valence-corrected chi connectivity index (χ2v) is 3.95. The van der Waals surface area contributed by atoms with Crippen LogP contribution in [0.3, 0.4) is 0 Å². The maximum Gasteiger partial charge on any atom is 0.195 e. The fourth-order valence-corrected chi connectivity index (χ4v) is 1.80. The van der Waals surface area contributed by atoms with Gasteiger partial charge in [-0.25, -0.2) is 13.2 Å². The summed E-state index contributed by atoms with van der Waals surface area (Å²) in [6.07, 6.45) is 0. The Kier molecular flexibility index (Phi) is 3.67. The van der Waals surface area contributed by atoms with Crippen molar-refractivity contribution in [2.45, 2.75) is 6.54 Å². The molecule has 0 bridgehead atoms. The molecule has 0 fully saturated rings. The van der Waals surface area contributed by atoms with E-state index in [2.05, 4.69) is 5.32 Å². The second-order valence-electron chi connectivity index (χ2n) is 3.95. The number of hydrogen-bond acceptors (Lipinski definition) is 1. The summed E-state index contributed by atoms with van der Waals surface area (Å²) in [6, 6.07) is 9.20. The van der Waals surface area contributed by atoms with E-state index in [-0.39, 0.29) is 5.56 Å². The molecule has 0 aliphatic carbocycles. The van der Waals surface area contributed by atoms with Gasteiger partial charge >= 0.3 is 0 Å². The van der Waals surface area contributed by atoms with Crippen LogP contribution in [0.4, 0.5) is 13.2 Å². The smallest absolute Gasteiger partial charge is 0.195 e. The SMILES string of the molecule is CNCc1cccc(-c2ccc(F)c(F)c2F)c1. The molecule has 94 valence electrons. The fraction of sp³-hybridized carbons (Fsp3) is 0.143. The van der Waals surface area contributed by atoms with E-state index in [0.29, 0.717) is 12.1 Å². The second kappa shape index (κ2) is 5.23. The van der Waals surface area contributed by atoms with Crippen molar-refractivity contribution in [2.75, 3.05) is 7.05 Å². The molecule has 0 spiro atoms. The van der Waals surface area contributed by atoms with Gasteiger partial charge in [0.1, 0.15) is 0 Å². The largest absolute Gasteiger partial charge is 0.316 e. The molecule has 2 aromatic rings. The Morgan fingerprint density at radius 2 is 1.78 bits per heavy atom. The zero-order chi connectivity index (χ0) is 13.1. The summed E-state index contributed by atoms with van der Waals surface area (Å²) >= 11 is 0. The predicted octanol–water partition coefficient (Wildman–Crippen LogP) is 3.49. The van der Waals surface area contributed by atoms with Gasteiger partial charge in [0.2, 0.25) is 0 Å². The lowest BCUT2D eigenvalue weighted by molar-refractivity contribution is 0.449. The minimum Gasteiger partial charge on any atom is -0.316 e. The Morgan fingerprint density at radius 3 is 2.50 bits per heavy atom. The van der Waals surface area contributed by atoms with Crippen LogP contribution >= 0.6 is 0 Å². The lowest BCUT2D eigenvalue weighted by Crippen LogP contribution is -2.04. The highest BCUT2D eigenvalue weighted by molar-refractivity contribution is 5.65. The number of benzene rings is 2. The summed E-state index contributed by atoms with van der Waals surface area (Å²) in [4.78, 5) is 0. The predicted molar refractivity (Wildman–Crippen MR) is 64.5 cm³/mol. The normalized spacial score (nSPS) is 10.7. The maximum absolute atomic E-state index is 13.6. The first kappa shape index (κ1) is 12.6. The van der Waals surface area contributed by atoms with Crippen LogP contribution in [0.2, 0.25) is 0 Å². The van der Waals surface area contributed by atoms with Crippen LogP contribution in [0.25, 0.3) is 11.1 Å². The first-order chi connectivity index (χ1) is 8.63. The van der Waals surface area contributed by atoms with Gasteiger partial charge < -0.3 is 5.32 Å². The average molecular weight is 251 g/mol. The van der Waals surface area contributed by atoms with Crippen LogP contribution in [0.5, 0.6) is 0 Å². The summed E-state index contributed by atoms with van der Waals surface area (Å²) in [7, 11) is 1.80. The molecule has 0 saturated carbocycles. The summed E-state index contributed by atoms with van der Waals surface area (Å²) in [5.41, 5.74) is 1.53. The third-order valence-electron chi connectivity index (χ3n) is 2.65. The molecule has 0 unspecified atom stereocenters. The van der Waals surface area contributed by atoms with Crippen molar-refractivity contribution in [3.63, 3.8) is 0 Å².